The predicted octanol–water partition coefficient (Wildman–Crippen LogP) is 3.57. The van der Waals surface area contributed by atoms with Gasteiger partial charge in [-0.25, -0.2) is 0 Å². The summed E-state index contributed by atoms with van der Waals surface area (Å²) in [5, 5.41) is 5.10. The minimum atomic E-state index is 0.602. The lowest BCUT2D eigenvalue weighted by Crippen LogP contribution is -2.50. The van der Waals surface area contributed by atoms with E-state index in [1.54, 1.807) is 0 Å². The molecule has 100 valence electrons. The van der Waals surface area contributed by atoms with Gasteiger partial charge in [-0.1, -0.05) is 42.6 Å². The van der Waals surface area contributed by atoms with Crippen LogP contribution in [0.5, 0.6) is 0 Å². The average molecular weight is 287 g/mol. The second-order valence-corrected chi connectivity index (χ2v) is 5.69. The van der Waals surface area contributed by atoms with Crippen LogP contribution in [0.4, 0.5) is 0 Å². The molecule has 1 N–H and O–H groups in total. The molecule has 0 aliphatic carbocycles. The lowest BCUT2D eigenvalue weighted by Gasteiger charge is -2.34. The molecule has 1 aliphatic rings. The van der Waals surface area contributed by atoms with Gasteiger partial charge in [-0.2, -0.15) is 0 Å². The van der Waals surface area contributed by atoms with Gasteiger partial charge in [0, 0.05) is 47.8 Å². The first-order valence-corrected chi connectivity index (χ1v) is 7.35. The van der Waals surface area contributed by atoms with Gasteiger partial charge < -0.3 is 5.32 Å². The molecule has 1 aromatic rings. The lowest BCUT2D eigenvalue weighted by atomic mass is 10.1. The summed E-state index contributed by atoms with van der Waals surface area (Å²) in [6.07, 6.45) is 2.45. The molecule has 1 atom stereocenters. The molecule has 1 unspecified atom stereocenters. The van der Waals surface area contributed by atoms with E-state index in [2.05, 4.69) is 17.1 Å². The van der Waals surface area contributed by atoms with E-state index in [9.17, 15) is 0 Å². The summed E-state index contributed by atoms with van der Waals surface area (Å²) in [6, 6.07) is 6.32. The number of halogens is 2. The molecule has 0 saturated carbocycles. The van der Waals surface area contributed by atoms with Gasteiger partial charge >= 0.3 is 0 Å². The van der Waals surface area contributed by atoms with Crippen molar-refractivity contribution < 1.29 is 0 Å². The molecular weight excluding hydrogens is 267 g/mol. The van der Waals surface area contributed by atoms with E-state index < -0.39 is 0 Å². The number of hydrogen-bond donors (Lipinski definition) is 1. The molecule has 0 radical (unpaired) electrons. The fraction of sp³-hybridized carbons (Fsp3) is 0.571. The first-order chi connectivity index (χ1) is 8.70. The van der Waals surface area contributed by atoms with Crippen LogP contribution in [0, 0.1) is 0 Å². The molecule has 1 heterocycles. The molecule has 0 aromatic heterocycles. The highest BCUT2D eigenvalue weighted by Crippen LogP contribution is 2.26. The maximum atomic E-state index is 6.22. The van der Waals surface area contributed by atoms with E-state index in [1.165, 1.54) is 12.8 Å². The Hall–Kier alpha value is -0.280. The Balaban J connectivity index is 2.00. The van der Waals surface area contributed by atoms with Gasteiger partial charge in [0.25, 0.3) is 0 Å². The molecule has 1 aromatic carbocycles. The van der Waals surface area contributed by atoms with E-state index >= 15 is 0 Å². The van der Waals surface area contributed by atoms with Crippen molar-refractivity contribution in [2.45, 2.75) is 32.4 Å². The predicted molar refractivity (Wildman–Crippen MR) is 78.4 cm³/mol. The topological polar surface area (TPSA) is 15.3 Å². The molecule has 2 rings (SSSR count). The van der Waals surface area contributed by atoms with Crippen molar-refractivity contribution in [2.75, 3.05) is 19.6 Å². The second kappa shape index (κ2) is 6.76. The first kappa shape index (κ1) is 14.1. The van der Waals surface area contributed by atoms with Crippen LogP contribution in [0.2, 0.25) is 10.0 Å². The molecule has 0 spiro atoms. The van der Waals surface area contributed by atoms with Crippen molar-refractivity contribution in [3.05, 3.63) is 33.8 Å². The van der Waals surface area contributed by atoms with Crippen LogP contribution in [0.15, 0.2) is 18.2 Å². The highest BCUT2D eigenvalue weighted by atomic mass is 35.5. The Kier molecular flexibility index (Phi) is 5.31. The molecule has 1 saturated heterocycles. The van der Waals surface area contributed by atoms with Gasteiger partial charge in [-0.15, -0.1) is 0 Å². The molecular formula is C14H20Cl2N2. The van der Waals surface area contributed by atoms with Crippen LogP contribution < -0.4 is 5.32 Å². The number of rotatable bonds is 4. The minimum absolute atomic E-state index is 0.602. The van der Waals surface area contributed by atoms with Crippen LogP contribution in [-0.4, -0.2) is 30.6 Å². The smallest absolute Gasteiger partial charge is 0.0465 e. The summed E-state index contributed by atoms with van der Waals surface area (Å²) in [6.45, 7) is 6.26. The summed E-state index contributed by atoms with van der Waals surface area (Å²) < 4.78 is 0. The quantitative estimate of drug-likeness (QED) is 0.910. The maximum Gasteiger partial charge on any atom is 0.0465 e. The van der Waals surface area contributed by atoms with Crippen molar-refractivity contribution >= 4 is 23.2 Å². The average Bonchev–Trinajstić information content (AvgIpc) is 2.35. The zero-order valence-electron chi connectivity index (χ0n) is 10.8. The van der Waals surface area contributed by atoms with E-state index in [4.69, 9.17) is 23.2 Å². The van der Waals surface area contributed by atoms with E-state index in [0.29, 0.717) is 6.04 Å². The summed E-state index contributed by atoms with van der Waals surface area (Å²) >= 11 is 12.4. The zero-order valence-corrected chi connectivity index (χ0v) is 12.3. The first-order valence-electron chi connectivity index (χ1n) is 6.59. The molecule has 0 bridgehead atoms. The van der Waals surface area contributed by atoms with Crippen LogP contribution in [-0.2, 0) is 6.54 Å². The monoisotopic (exact) mass is 286 g/mol. The molecule has 18 heavy (non-hydrogen) atoms. The highest BCUT2D eigenvalue weighted by molar-refractivity contribution is 6.35. The van der Waals surface area contributed by atoms with Gasteiger partial charge in [0.1, 0.15) is 0 Å². The SMILES string of the molecule is CCCC1CN(Cc2c(Cl)cccc2Cl)CCN1. The number of piperazine rings is 1. The fourth-order valence-corrected chi connectivity index (χ4v) is 3.00. The largest absolute Gasteiger partial charge is 0.311 e. The highest BCUT2D eigenvalue weighted by Gasteiger charge is 2.20. The van der Waals surface area contributed by atoms with Crippen LogP contribution in [0.3, 0.4) is 0 Å². The van der Waals surface area contributed by atoms with E-state index in [0.717, 1.165) is 41.8 Å². The van der Waals surface area contributed by atoms with Gasteiger partial charge in [0.15, 0.2) is 0 Å². The fourth-order valence-electron chi connectivity index (χ4n) is 2.49. The third-order valence-electron chi connectivity index (χ3n) is 3.42. The van der Waals surface area contributed by atoms with Crippen LogP contribution in [0.25, 0.3) is 0 Å². The Morgan fingerprint density at radius 1 is 1.33 bits per heavy atom. The number of nitrogens with zero attached hydrogens (tertiary/aromatic N) is 1. The third kappa shape index (κ3) is 3.61. The van der Waals surface area contributed by atoms with E-state index in [1.807, 2.05) is 18.2 Å². The number of nitrogens with one attached hydrogen (secondary N) is 1. The van der Waals surface area contributed by atoms with Gasteiger partial charge in [-0.05, 0) is 18.6 Å². The summed E-state index contributed by atoms with van der Waals surface area (Å²) in [7, 11) is 0. The number of benzene rings is 1. The zero-order chi connectivity index (χ0) is 13.0. The van der Waals surface area contributed by atoms with Crippen molar-refractivity contribution in [3.63, 3.8) is 0 Å². The van der Waals surface area contributed by atoms with Crippen molar-refractivity contribution in [3.8, 4) is 0 Å². The molecule has 0 amide bonds. The Labute approximate surface area is 119 Å². The Bertz CT molecular complexity index is 373. The molecule has 1 fully saturated rings. The van der Waals surface area contributed by atoms with E-state index in [-0.39, 0.29) is 0 Å². The Morgan fingerprint density at radius 2 is 2.06 bits per heavy atom. The third-order valence-corrected chi connectivity index (χ3v) is 4.13. The van der Waals surface area contributed by atoms with Gasteiger partial charge in [0.2, 0.25) is 0 Å². The normalized spacial score (nSPS) is 21.2. The van der Waals surface area contributed by atoms with Gasteiger partial charge in [-0.3, -0.25) is 4.90 Å². The Morgan fingerprint density at radius 3 is 2.72 bits per heavy atom. The van der Waals surface area contributed by atoms with Crippen molar-refractivity contribution in [1.82, 2.24) is 10.2 Å². The summed E-state index contributed by atoms with van der Waals surface area (Å²) in [5.41, 5.74) is 1.05. The maximum absolute atomic E-state index is 6.22. The van der Waals surface area contributed by atoms with Crippen LogP contribution in [0.1, 0.15) is 25.3 Å². The van der Waals surface area contributed by atoms with Crippen LogP contribution >= 0.6 is 23.2 Å². The lowest BCUT2D eigenvalue weighted by molar-refractivity contribution is 0.187. The standard InChI is InChI=1S/C14H20Cl2N2/c1-2-4-11-9-18(8-7-17-11)10-12-13(15)5-3-6-14(12)16/h3,5-6,11,17H,2,4,7-10H2,1H3. The minimum Gasteiger partial charge on any atom is -0.311 e. The second-order valence-electron chi connectivity index (χ2n) is 4.88. The van der Waals surface area contributed by atoms with Crippen molar-refractivity contribution in [2.24, 2.45) is 0 Å². The van der Waals surface area contributed by atoms with Crippen molar-refractivity contribution in [1.29, 1.82) is 0 Å². The molecule has 2 nitrogen and oxygen atoms in total. The number of hydrogen-bond acceptors (Lipinski definition) is 2. The molecule has 4 heteroatoms. The van der Waals surface area contributed by atoms with Gasteiger partial charge in [0.05, 0.1) is 0 Å². The molecule has 1 aliphatic heterocycles. The summed E-state index contributed by atoms with van der Waals surface area (Å²) in [4.78, 5) is 2.43. The summed E-state index contributed by atoms with van der Waals surface area (Å²) in [5.74, 6) is 0.